The van der Waals surface area contributed by atoms with Gasteiger partial charge in [0, 0.05) is 55.0 Å². The van der Waals surface area contributed by atoms with Crippen LogP contribution in [0.15, 0.2) is 73.3 Å². The van der Waals surface area contributed by atoms with Crippen molar-refractivity contribution in [3.05, 3.63) is 84.4 Å². The fourth-order valence-electron chi connectivity index (χ4n) is 5.66. The Bertz CT molecular complexity index is 1790. The standard InChI is InChI=1S/C18H21N3O3S.C17H19N3O.C2H6/c1-13-12-20-16(10-14(13)15-6-3-4-9-19-15)21-17(22)11-18(7-5-8-18)25(2,23)24;1-12-11-19-16(20-17(21)9-13-5-4-6-13)10-14(12)15-7-2-3-8-18-15;1-2/h3-4,6,9-10,12H,5,7-8,11H2,1-2H3,(H,20,21,22);2-3,7-8,10-11,13H,4-6,9H2,1H3,(H,19,20,21);1-2H3. The van der Waals surface area contributed by atoms with Crippen LogP contribution in [-0.2, 0) is 19.4 Å². The number of carbonyl (C=O) groups is 2. The molecule has 6 rings (SSSR count). The second-order valence-electron chi connectivity index (χ2n) is 12.3. The molecule has 0 spiro atoms. The van der Waals surface area contributed by atoms with Crippen LogP contribution < -0.4 is 10.6 Å². The van der Waals surface area contributed by atoms with E-state index < -0.39 is 14.6 Å². The summed E-state index contributed by atoms with van der Waals surface area (Å²) >= 11 is 0. The summed E-state index contributed by atoms with van der Waals surface area (Å²) in [7, 11) is -3.26. The van der Waals surface area contributed by atoms with Gasteiger partial charge in [-0.1, -0.05) is 38.8 Å². The maximum Gasteiger partial charge on any atom is 0.227 e. The molecule has 2 aliphatic carbocycles. The van der Waals surface area contributed by atoms with E-state index in [1.807, 2.05) is 70.2 Å². The average Bonchev–Trinajstić information content (AvgIpc) is 3.04. The Balaban J connectivity index is 0.000000209. The molecule has 48 heavy (non-hydrogen) atoms. The maximum absolute atomic E-state index is 12.4. The molecule has 2 aliphatic rings. The van der Waals surface area contributed by atoms with Gasteiger partial charge in [-0.3, -0.25) is 19.6 Å². The summed E-state index contributed by atoms with van der Waals surface area (Å²) in [6.45, 7) is 7.92. The highest BCUT2D eigenvalue weighted by atomic mass is 32.2. The summed E-state index contributed by atoms with van der Waals surface area (Å²) in [6, 6.07) is 15.1. The van der Waals surface area contributed by atoms with Gasteiger partial charge >= 0.3 is 0 Å². The van der Waals surface area contributed by atoms with Crippen molar-refractivity contribution in [2.24, 2.45) is 5.92 Å². The number of sulfone groups is 1. The normalized spacial score (nSPS) is 14.9. The summed E-state index contributed by atoms with van der Waals surface area (Å²) in [5.74, 6) is 1.30. The Morgan fingerprint density at radius 2 is 1.27 bits per heavy atom. The first-order chi connectivity index (χ1) is 23.0. The van der Waals surface area contributed by atoms with Crippen LogP contribution in [-0.4, -0.2) is 51.2 Å². The summed E-state index contributed by atoms with van der Waals surface area (Å²) in [4.78, 5) is 41.6. The van der Waals surface area contributed by atoms with E-state index in [0.29, 0.717) is 36.8 Å². The molecule has 0 radical (unpaired) electrons. The van der Waals surface area contributed by atoms with E-state index in [1.165, 1.54) is 25.5 Å². The van der Waals surface area contributed by atoms with E-state index >= 15 is 0 Å². The van der Waals surface area contributed by atoms with Crippen molar-refractivity contribution >= 4 is 33.3 Å². The lowest BCUT2D eigenvalue weighted by Gasteiger charge is -2.39. The highest BCUT2D eigenvalue weighted by molar-refractivity contribution is 7.92. The minimum Gasteiger partial charge on any atom is -0.311 e. The van der Waals surface area contributed by atoms with Crippen LogP contribution in [0.1, 0.15) is 76.3 Å². The van der Waals surface area contributed by atoms with Gasteiger partial charge in [0.25, 0.3) is 0 Å². The van der Waals surface area contributed by atoms with Gasteiger partial charge in [0.15, 0.2) is 9.84 Å². The number of aromatic nitrogens is 4. The van der Waals surface area contributed by atoms with Crippen LogP contribution in [0.2, 0.25) is 0 Å². The fourth-order valence-corrected chi connectivity index (χ4v) is 7.09. The Hall–Kier alpha value is -4.51. The molecular formula is C37H46N6O4S. The van der Waals surface area contributed by atoms with Crippen molar-refractivity contribution in [3.63, 3.8) is 0 Å². The van der Waals surface area contributed by atoms with Crippen LogP contribution >= 0.6 is 0 Å². The number of carbonyl (C=O) groups excluding carboxylic acids is 2. The summed E-state index contributed by atoms with van der Waals surface area (Å²) in [5, 5.41) is 5.63. The van der Waals surface area contributed by atoms with Crippen LogP contribution in [0, 0.1) is 19.8 Å². The molecule has 2 fully saturated rings. The molecule has 10 nitrogen and oxygen atoms in total. The molecule has 11 heteroatoms. The van der Waals surface area contributed by atoms with Crippen molar-refractivity contribution in [1.82, 2.24) is 19.9 Å². The van der Waals surface area contributed by atoms with E-state index in [-0.39, 0.29) is 18.2 Å². The van der Waals surface area contributed by atoms with Crippen LogP contribution in [0.5, 0.6) is 0 Å². The van der Waals surface area contributed by atoms with Crippen LogP contribution in [0.4, 0.5) is 11.6 Å². The SMILES string of the molecule is CC.Cc1cnc(NC(=O)CC2(S(C)(=O)=O)CCC2)cc1-c1ccccn1.Cc1cnc(NC(=O)CC2CCC2)cc1-c1ccccn1. The van der Waals surface area contributed by atoms with E-state index in [2.05, 4.69) is 30.6 Å². The van der Waals surface area contributed by atoms with Gasteiger partial charge in [-0.2, -0.15) is 0 Å². The zero-order valence-corrected chi connectivity index (χ0v) is 29.3. The zero-order chi connectivity index (χ0) is 34.7. The first-order valence-corrected chi connectivity index (χ1v) is 18.5. The van der Waals surface area contributed by atoms with Crippen molar-refractivity contribution in [2.75, 3.05) is 16.9 Å². The predicted octanol–water partition coefficient (Wildman–Crippen LogP) is 7.35. The zero-order valence-electron chi connectivity index (χ0n) is 28.5. The summed E-state index contributed by atoms with van der Waals surface area (Å²) in [5.41, 5.74) is 5.57. The molecule has 0 aliphatic heterocycles. The molecule has 4 heterocycles. The topological polar surface area (TPSA) is 144 Å². The highest BCUT2D eigenvalue weighted by Gasteiger charge is 2.47. The van der Waals surface area contributed by atoms with Gasteiger partial charge in [-0.05, 0) is 93.0 Å². The van der Waals surface area contributed by atoms with Gasteiger partial charge in [0.05, 0.1) is 16.1 Å². The Morgan fingerprint density at radius 3 is 1.65 bits per heavy atom. The molecule has 0 bridgehead atoms. The van der Waals surface area contributed by atoms with E-state index in [0.717, 1.165) is 40.1 Å². The fraction of sp³-hybridized carbons (Fsp3) is 0.405. The molecular weight excluding hydrogens is 625 g/mol. The minimum atomic E-state index is -3.26. The molecule has 2 amide bonds. The lowest BCUT2D eigenvalue weighted by atomic mass is 9.81. The molecule has 4 aromatic heterocycles. The van der Waals surface area contributed by atoms with Crippen molar-refractivity contribution < 1.29 is 18.0 Å². The average molecular weight is 671 g/mol. The Labute approximate surface area is 284 Å². The lowest BCUT2D eigenvalue weighted by Crippen LogP contribution is -2.47. The molecule has 2 saturated carbocycles. The van der Waals surface area contributed by atoms with Crippen molar-refractivity contribution in [2.45, 2.75) is 83.8 Å². The van der Waals surface area contributed by atoms with Crippen molar-refractivity contribution in [1.29, 1.82) is 0 Å². The van der Waals surface area contributed by atoms with E-state index in [1.54, 1.807) is 30.9 Å². The molecule has 0 atom stereocenters. The summed E-state index contributed by atoms with van der Waals surface area (Å²) < 4.78 is 23.1. The molecule has 0 unspecified atom stereocenters. The van der Waals surface area contributed by atoms with Crippen molar-refractivity contribution in [3.8, 4) is 22.5 Å². The first kappa shape index (κ1) is 36.3. The number of nitrogens with zero attached hydrogens (tertiary/aromatic N) is 4. The molecule has 254 valence electrons. The van der Waals surface area contributed by atoms with Gasteiger partial charge < -0.3 is 10.6 Å². The van der Waals surface area contributed by atoms with Gasteiger partial charge in [-0.15, -0.1) is 0 Å². The number of amides is 2. The van der Waals surface area contributed by atoms with Crippen LogP contribution in [0.3, 0.4) is 0 Å². The first-order valence-electron chi connectivity index (χ1n) is 16.6. The van der Waals surface area contributed by atoms with Gasteiger partial charge in [0.1, 0.15) is 11.6 Å². The molecule has 0 aromatic carbocycles. The van der Waals surface area contributed by atoms with Crippen LogP contribution in [0.25, 0.3) is 22.5 Å². The third-order valence-electron chi connectivity index (χ3n) is 8.86. The quantitative estimate of drug-likeness (QED) is 0.188. The Kier molecular flexibility index (Phi) is 12.5. The second-order valence-corrected chi connectivity index (χ2v) is 14.7. The van der Waals surface area contributed by atoms with E-state index in [4.69, 9.17) is 0 Å². The smallest absolute Gasteiger partial charge is 0.227 e. The monoisotopic (exact) mass is 670 g/mol. The summed E-state index contributed by atoms with van der Waals surface area (Å²) in [6.07, 6.45) is 14.2. The molecule has 0 saturated heterocycles. The third-order valence-corrected chi connectivity index (χ3v) is 11.0. The lowest BCUT2D eigenvalue weighted by molar-refractivity contribution is -0.118. The highest BCUT2D eigenvalue weighted by Crippen LogP contribution is 2.42. The molecule has 2 N–H and O–H groups in total. The third kappa shape index (κ3) is 9.31. The number of anilines is 2. The number of nitrogens with one attached hydrogen (secondary N) is 2. The number of aryl methyl sites for hydroxylation is 2. The number of hydrogen-bond acceptors (Lipinski definition) is 8. The largest absolute Gasteiger partial charge is 0.311 e. The van der Waals surface area contributed by atoms with Gasteiger partial charge in [-0.25, -0.2) is 18.4 Å². The number of rotatable bonds is 9. The maximum atomic E-state index is 12.4. The number of pyridine rings is 4. The van der Waals surface area contributed by atoms with E-state index in [9.17, 15) is 18.0 Å². The second kappa shape index (κ2) is 16.5. The minimum absolute atomic E-state index is 0.0275. The molecule has 4 aromatic rings. The Morgan fingerprint density at radius 1 is 0.771 bits per heavy atom. The predicted molar refractivity (Wildman–Crippen MR) is 191 cm³/mol. The van der Waals surface area contributed by atoms with Gasteiger partial charge in [0.2, 0.25) is 11.8 Å². The number of hydrogen-bond donors (Lipinski definition) is 2.